The Morgan fingerprint density at radius 1 is 1.11 bits per heavy atom. The second-order valence-corrected chi connectivity index (χ2v) is 9.45. The predicted molar refractivity (Wildman–Crippen MR) is 141 cm³/mol. The van der Waals surface area contributed by atoms with E-state index in [0.717, 1.165) is 22.2 Å². The van der Waals surface area contributed by atoms with Crippen LogP contribution in [0.4, 0.5) is 0 Å². The minimum absolute atomic E-state index is 0.00289. The number of pyridine rings is 1. The summed E-state index contributed by atoms with van der Waals surface area (Å²) in [7, 11) is 0. The Morgan fingerprint density at radius 2 is 1.87 bits per heavy atom. The van der Waals surface area contributed by atoms with E-state index in [0.29, 0.717) is 38.1 Å². The molecule has 0 spiro atoms. The van der Waals surface area contributed by atoms with E-state index in [2.05, 4.69) is 20.3 Å². The van der Waals surface area contributed by atoms with E-state index in [1.807, 2.05) is 42.5 Å². The molecule has 10 nitrogen and oxygen atoms in total. The van der Waals surface area contributed by atoms with Crippen molar-refractivity contribution in [2.75, 3.05) is 13.1 Å². The van der Waals surface area contributed by atoms with Crippen LogP contribution < -0.4 is 15.7 Å². The van der Waals surface area contributed by atoms with Gasteiger partial charge in [-0.05, 0) is 60.7 Å². The van der Waals surface area contributed by atoms with Gasteiger partial charge in [-0.1, -0.05) is 18.2 Å². The molecule has 4 N–H and O–H groups in total. The molecule has 196 valence electrons. The summed E-state index contributed by atoms with van der Waals surface area (Å²) in [6.07, 6.45) is 2.98. The summed E-state index contributed by atoms with van der Waals surface area (Å²) in [6.45, 7) is 2.95. The average molecular weight is 516 g/mol. The lowest BCUT2D eigenvalue weighted by Gasteiger charge is -2.35. The van der Waals surface area contributed by atoms with E-state index in [9.17, 15) is 19.5 Å². The van der Waals surface area contributed by atoms with Gasteiger partial charge in [0.05, 0.1) is 11.6 Å². The summed E-state index contributed by atoms with van der Waals surface area (Å²) >= 11 is 0. The molecule has 1 aliphatic rings. The maximum absolute atomic E-state index is 13.2. The number of carbonyl (C=O) groups excluding carboxylic acids is 2. The van der Waals surface area contributed by atoms with Crippen molar-refractivity contribution in [1.29, 1.82) is 0 Å². The predicted octanol–water partition coefficient (Wildman–Crippen LogP) is 3.27. The number of hydrogen-bond donors (Lipinski definition) is 4. The van der Waals surface area contributed by atoms with Gasteiger partial charge >= 0.3 is 5.69 Å². The highest BCUT2D eigenvalue weighted by atomic mass is 16.5. The van der Waals surface area contributed by atoms with E-state index in [1.54, 1.807) is 23.2 Å². The van der Waals surface area contributed by atoms with Crippen LogP contribution in [-0.2, 0) is 11.4 Å². The molecule has 2 aromatic heterocycles. The first-order valence-electron chi connectivity index (χ1n) is 12.5. The standard InChI is InChI=1S/C28H29N5O5/c1-17(34)33-14-11-19(12-15-33)24(25-27(36)32-28(37)31-25)30-26(35)20-9-7-18(8-10-20)16-38-23-6-2-5-22-21(23)4-3-13-29-22/h2-10,13,19,24,36H,11-12,14-16H2,1H3,(H,30,35)(H2,31,32,37). The Hall–Kier alpha value is -4.60. The van der Waals surface area contributed by atoms with Crippen LogP contribution in [0.2, 0.25) is 0 Å². The minimum Gasteiger partial charge on any atom is -0.493 e. The first-order valence-corrected chi connectivity index (χ1v) is 12.5. The number of nitrogens with zero attached hydrogens (tertiary/aromatic N) is 2. The van der Waals surface area contributed by atoms with Crippen LogP contribution in [0.3, 0.4) is 0 Å². The van der Waals surface area contributed by atoms with Crippen molar-refractivity contribution in [3.63, 3.8) is 0 Å². The Balaban J connectivity index is 1.28. The third kappa shape index (κ3) is 5.39. The highest BCUT2D eigenvalue weighted by Crippen LogP contribution is 2.33. The molecule has 2 amide bonds. The van der Waals surface area contributed by atoms with Crippen molar-refractivity contribution in [1.82, 2.24) is 25.2 Å². The fourth-order valence-corrected chi connectivity index (χ4v) is 4.93. The zero-order chi connectivity index (χ0) is 26.6. The first-order chi connectivity index (χ1) is 18.4. The van der Waals surface area contributed by atoms with Crippen LogP contribution >= 0.6 is 0 Å². The van der Waals surface area contributed by atoms with Crippen LogP contribution in [0.25, 0.3) is 10.9 Å². The molecule has 1 saturated heterocycles. The third-order valence-corrected chi connectivity index (χ3v) is 7.01. The number of likely N-dealkylation sites (tertiary alicyclic amines) is 1. The van der Waals surface area contributed by atoms with E-state index < -0.39 is 11.7 Å². The summed E-state index contributed by atoms with van der Waals surface area (Å²) in [4.78, 5) is 47.8. The van der Waals surface area contributed by atoms with Gasteiger partial charge in [0.1, 0.15) is 18.1 Å². The Labute approximate surface area is 218 Å². The number of aromatic nitrogens is 3. The molecule has 0 bridgehead atoms. The zero-order valence-electron chi connectivity index (χ0n) is 20.9. The smallest absolute Gasteiger partial charge is 0.326 e. The topological polar surface area (TPSA) is 140 Å². The van der Waals surface area contributed by atoms with Gasteiger partial charge in [-0.2, -0.15) is 0 Å². The Bertz CT molecular complexity index is 1500. The van der Waals surface area contributed by atoms with Gasteiger partial charge < -0.3 is 25.0 Å². The normalized spacial score (nSPS) is 14.8. The van der Waals surface area contributed by atoms with Crippen LogP contribution in [0.1, 0.15) is 47.4 Å². The number of piperidine rings is 1. The van der Waals surface area contributed by atoms with Crippen molar-refractivity contribution in [2.24, 2.45) is 5.92 Å². The maximum Gasteiger partial charge on any atom is 0.326 e. The summed E-state index contributed by atoms with van der Waals surface area (Å²) < 4.78 is 6.01. The fraction of sp³-hybridized carbons (Fsp3) is 0.286. The molecular formula is C28H29N5O5. The number of amides is 2. The number of carbonyl (C=O) groups is 2. The van der Waals surface area contributed by atoms with Gasteiger partial charge in [0.2, 0.25) is 11.8 Å². The molecule has 10 heteroatoms. The summed E-state index contributed by atoms with van der Waals surface area (Å²) in [5, 5.41) is 14.2. The monoisotopic (exact) mass is 515 g/mol. The molecule has 0 radical (unpaired) electrons. The van der Waals surface area contributed by atoms with Crippen molar-refractivity contribution in [3.05, 3.63) is 88.1 Å². The van der Waals surface area contributed by atoms with Gasteiger partial charge in [-0.15, -0.1) is 0 Å². The molecule has 38 heavy (non-hydrogen) atoms. The summed E-state index contributed by atoms with van der Waals surface area (Å²) in [5.41, 5.74) is 1.87. The number of rotatable bonds is 7. The number of fused-ring (bicyclic) bond motifs is 1. The van der Waals surface area contributed by atoms with E-state index in [4.69, 9.17) is 4.74 Å². The minimum atomic E-state index is -0.626. The van der Waals surface area contributed by atoms with Crippen LogP contribution in [0.5, 0.6) is 11.6 Å². The molecule has 1 fully saturated rings. The van der Waals surface area contributed by atoms with Crippen LogP contribution in [0.15, 0.2) is 65.6 Å². The Morgan fingerprint density at radius 3 is 2.55 bits per heavy atom. The van der Waals surface area contributed by atoms with Crippen molar-refractivity contribution in [3.8, 4) is 11.6 Å². The lowest BCUT2D eigenvalue weighted by atomic mass is 9.87. The van der Waals surface area contributed by atoms with E-state index >= 15 is 0 Å². The van der Waals surface area contributed by atoms with Gasteiger partial charge in [-0.3, -0.25) is 19.6 Å². The van der Waals surface area contributed by atoms with Crippen molar-refractivity contribution in [2.45, 2.75) is 32.4 Å². The zero-order valence-corrected chi connectivity index (χ0v) is 20.9. The van der Waals surface area contributed by atoms with Gasteiger partial charge in [0, 0.05) is 37.2 Å². The number of hydrogen-bond acceptors (Lipinski definition) is 6. The molecule has 1 atom stereocenters. The molecule has 2 aromatic carbocycles. The molecule has 0 saturated carbocycles. The number of ether oxygens (including phenoxy) is 1. The average Bonchev–Trinajstić information content (AvgIpc) is 3.27. The Kier molecular flexibility index (Phi) is 7.12. The maximum atomic E-state index is 13.2. The van der Waals surface area contributed by atoms with Gasteiger partial charge in [0.15, 0.2) is 0 Å². The highest BCUT2D eigenvalue weighted by molar-refractivity contribution is 5.94. The SMILES string of the molecule is CC(=O)N1CCC(C(NC(=O)c2ccc(COc3cccc4ncccc34)cc2)c2[nH]c(=O)[nH]c2O)CC1. The first kappa shape index (κ1) is 25.1. The number of imidazole rings is 1. The van der Waals surface area contributed by atoms with Crippen LogP contribution in [0, 0.1) is 5.92 Å². The largest absolute Gasteiger partial charge is 0.493 e. The second-order valence-electron chi connectivity index (χ2n) is 9.45. The molecule has 1 unspecified atom stereocenters. The third-order valence-electron chi connectivity index (χ3n) is 7.01. The fourth-order valence-electron chi connectivity index (χ4n) is 4.93. The van der Waals surface area contributed by atoms with Gasteiger partial charge in [0.25, 0.3) is 5.91 Å². The molecule has 3 heterocycles. The van der Waals surface area contributed by atoms with Crippen molar-refractivity contribution < 1.29 is 19.4 Å². The number of aromatic amines is 2. The summed E-state index contributed by atoms with van der Waals surface area (Å²) in [6, 6.07) is 16.0. The highest BCUT2D eigenvalue weighted by Gasteiger charge is 2.33. The number of benzene rings is 2. The van der Waals surface area contributed by atoms with E-state index in [-0.39, 0.29) is 29.3 Å². The van der Waals surface area contributed by atoms with Crippen molar-refractivity contribution >= 4 is 22.7 Å². The second kappa shape index (κ2) is 10.8. The van der Waals surface area contributed by atoms with Crippen LogP contribution in [-0.4, -0.2) is 49.9 Å². The summed E-state index contributed by atoms with van der Waals surface area (Å²) in [5.74, 6) is 0.0257. The lowest BCUT2D eigenvalue weighted by molar-refractivity contribution is -0.130. The quantitative estimate of drug-likeness (QED) is 0.298. The van der Waals surface area contributed by atoms with Gasteiger partial charge in [-0.25, -0.2) is 4.79 Å². The number of H-pyrrole nitrogens is 2. The molecule has 0 aliphatic carbocycles. The molecule has 1 aliphatic heterocycles. The number of aromatic hydroxyl groups is 1. The number of nitrogens with one attached hydrogen (secondary N) is 3. The lowest BCUT2D eigenvalue weighted by Crippen LogP contribution is -2.42. The molecule has 5 rings (SSSR count). The molecule has 4 aromatic rings. The van der Waals surface area contributed by atoms with E-state index in [1.165, 1.54) is 6.92 Å². The molecular weight excluding hydrogens is 486 g/mol.